The maximum Gasteiger partial charge on any atom is 0.257 e. The number of fused-ring (bicyclic) bond motifs is 3. The Morgan fingerprint density at radius 3 is 2.57 bits per heavy atom. The smallest absolute Gasteiger partial charge is 0.257 e. The molecule has 0 N–H and O–H groups in total. The lowest BCUT2D eigenvalue weighted by atomic mass is 10.0. The summed E-state index contributed by atoms with van der Waals surface area (Å²) in [4.78, 5) is 43.7. The second-order valence-corrected chi connectivity index (χ2v) is 8.69. The molecule has 0 bridgehead atoms. The molecule has 0 saturated heterocycles. The zero-order chi connectivity index (χ0) is 20.0. The molecule has 0 radical (unpaired) electrons. The molecule has 28 heavy (non-hydrogen) atoms. The van der Waals surface area contributed by atoms with Crippen LogP contribution in [0.5, 0.6) is 0 Å². The lowest BCUT2D eigenvalue weighted by Gasteiger charge is -2.27. The van der Waals surface area contributed by atoms with Crippen LogP contribution in [0.1, 0.15) is 26.4 Å². The van der Waals surface area contributed by atoms with Crippen LogP contribution in [0.3, 0.4) is 0 Å². The van der Waals surface area contributed by atoms with Crippen molar-refractivity contribution in [3.05, 3.63) is 50.9 Å². The van der Waals surface area contributed by atoms with Crippen LogP contribution in [-0.2, 0) is 29.0 Å². The molecule has 0 aliphatic carbocycles. The molecule has 2 aliphatic rings. The SMILES string of the molecule is CN1CC(=O)N(C)c2sc3c(c2C1=O)CCN(C(=O)Cc1ccc(Cl)cc1)C3. The monoisotopic (exact) mass is 417 g/mol. The molecule has 1 aromatic heterocycles. The van der Waals surface area contributed by atoms with E-state index in [2.05, 4.69) is 0 Å². The van der Waals surface area contributed by atoms with E-state index >= 15 is 0 Å². The molecule has 2 aromatic rings. The third-order valence-corrected chi connectivity index (χ3v) is 6.82. The number of anilines is 1. The first-order chi connectivity index (χ1) is 13.3. The molecule has 3 amide bonds. The molecule has 0 unspecified atom stereocenters. The Labute approximate surface area is 172 Å². The number of amides is 3. The van der Waals surface area contributed by atoms with Gasteiger partial charge in [-0.2, -0.15) is 0 Å². The van der Waals surface area contributed by atoms with Crippen molar-refractivity contribution in [3.63, 3.8) is 0 Å². The van der Waals surface area contributed by atoms with Gasteiger partial charge in [-0.05, 0) is 29.7 Å². The quantitative estimate of drug-likeness (QED) is 0.754. The van der Waals surface area contributed by atoms with E-state index in [0.717, 1.165) is 16.0 Å². The van der Waals surface area contributed by atoms with E-state index in [1.54, 1.807) is 31.1 Å². The molecular weight excluding hydrogens is 398 g/mol. The van der Waals surface area contributed by atoms with Crippen molar-refractivity contribution in [2.75, 3.05) is 32.1 Å². The van der Waals surface area contributed by atoms with E-state index in [0.29, 0.717) is 41.5 Å². The van der Waals surface area contributed by atoms with Gasteiger partial charge >= 0.3 is 0 Å². The number of hydrogen-bond acceptors (Lipinski definition) is 4. The first-order valence-electron chi connectivity index (χ1n) is 9.04. The summed E-state index contributed by atoms with van der Waals surface area (Å²) >= 11 is 7.35. The number of likely N-dealkylation sites (N-methyl/N-ethyl adjacent to an activating group) is 2. The van der Waals surface area contributed by atoms with Gasteiger partial charge in [0, 0.05) is 30.5 Å². The summed E-state index contributed by atoms with van der Waals surface area (Å²) in [5.74, 6) is -0.181. The molecule has 0 fully saturated rings. The predicted molar refractivity (Wildman–Crippen MR) is 109 cm³/mol. The Morgan fingerprint density at radius 1 is 1.14 bits per heavy atom. The summed E-state index contributed by atoms with van der Waals surface area (Å²) in [6.07, 6.45) is 0.937. The molecule has 6 nitrogen and oxygen atoms in total. The summed E-state index contributed by atoms with van der Waals surface area (Å²) in [5, 5.41) is 1.34. The fraction of sp³-hybridized carbons (Fsp3) is 0.350. The average molecular weight is 418 g/mol. The van der Waals surface area contributed by atoms with Crippen LogP contribution < -0.4 is 4.90 Å². The van der Waals surface area contributed by atoms with E-state index in [4.69, 9.17) is 11.6 Å². The largest absolute Gasteiger partial charge is 0.337 e. The van der Waals surface area contributed by atoms with Gasteiger partial charge in [-0.1, -0.05) is 23.7 Å². The minimum Gasteiger partial charge on any atom is -0.337 e. The van der Waals surface area contributed by atoms with Gasteiger partial charge in [0.15, 0.2) is 0 Å². The van der Waals surface area contributed by atoms with Crippen LogP contribution in [0.25, 0.3) is 0 Å². The zero-order valence-electron chi connectivity index (χ0n) is 15.7. The Bertz CT molecular complexity index is 970. The van der Waals surface area contributed by atoms with Crippen LogP contribution >= 0.6 is 22.9 Å². The molecule has 0 spiro atoms. The lowest BCUT2D eigenvalue weighted by Crippen LogP contribution is -2.37. The molecule has 0 atom stereocenters. The number of carbonyl (C=O) groups excluding carboxylic acids is 3. The molecule has 146 valence electrons. The highest BCUT2D eigenvalue weighted by atomic mass is 35.5. The first-order valence-corrected chi connectivity index (χ1v) is 10.2. The van der Waals surface area contributed by atoms with Gasteiger partial charge in [-0.25, -0.2) is 0 Å². The molecule has 8 heteroatoms. The Balaban J connectivity index is 1.58. The molecule has 2 aliphatic heterocycles. The van der Waals surface area contributed by atoms with E-state index < -0.39 is 0 Å². The summed E-state index contributed by atoms with van der Waals surface area (Å²) < 4.78 is 0. The number of nitrogens with zero attached hydrogens (tertiary/aromatic N) is 3. The van der Waals surface area contributed by atoms with Crippen molar-refractivity contribution in [3.8, 4) is 0 Å². The molecular formula is C20H20ClN3O3S. The molecule has 3 heterocycles. The standard InChI is InChI=1S/C20H20ClN3O3S/c1-22-11-17(26)23(2)20-18(19(22)27)14-7-8-24(10-15(14)28-20)16(25)9-12-3-5-13(21)6-4-12/h3-6H,7-11H2,1-2H3. The molecule has 0 saturated carbocycles. The zero-order valence-corrected chi connectivity index (χ0v) is 17.3. The van der Waals surface area contributed by atoms with Crippen LogP contribution in [0.4, 0.5) is 5.00 Å². The summed E-state index contributed by atoms with van der Waals surface area (Å²) in [5.41, 5.74) is 2.53. The minimum atomic E-state index is -0.119. The summed E-state index contributed by atoms with van der Waals surface area (Å²) in [7, 11) is 3.36. The van der Waals surface area contributed by atoms with Gasteiger partial charge in [-0.15, -0.1) is 11.3 Å². The van der Waals surface area contributed by atoms with Gasteiger partial charge in [0.1, 0.15) is 11.5 Å². The first kappa shape index (κ1) is 19.0. The maximum absolute atomic E-state index is 12.8. The second-order valence-electron chi connectivity index (χ2n) is 7.17. The fourth-order valence-corrected chi connectivity index (χ4v) is 5.09. The third-order valence-electron chi connectivity index (χ3n) is 5.27. The van der Waals surface area contributed by atoms with Gasteiger partial charge in [0.2, 0.25) is 11.8 Å². The van der Waals surface area contributed by atoms with Crippen molar-refractivity contribution in [1.29, 1.82) is 0 Å². The number of thiophene rings is 1. The van der Waals surface area contributed by atoms with Crippen LogP contribution in [0, 0.1) is 0 Å². The van der Waals surface area contributed by atoms with E-state index in [9.17, 15) is 14.4 Å². The summed E-state index contributed by atoms with van der Waals surface area (Å²) in [6.45, 7) is 1.12. The van der Waals surface area contributed by atoms with E-state index in [1.165, 1.54) is 16.2 Å². The third kappa shape index (κ3) is 3.29. The highest BCUT2D eigenvalue weighted by Crippen LogP contribution is 2.40. The van der Waals surface area contributed by atoms with Crippen LogP contribution in [0.2, 0.25) is 5.02 Å². The van der Waals surface area contributed by atoms with Crippen molar-refractivity contribution in [1.82, 2.24) is 9.80 Å². The van der Waals surface area contributed by atoms with Crippen molar-refractivity contribution < 1.29 is 14.4 Å². The Kier molecular flexibility index (Phi) is 4.89. The Morgan fingerprint density at radius 2 is 1.86 bits per heavy atom. The normalized spacial score (nSPS) is 16.8. The summed E-state index contributed by atoms with van der Waals surface area (Å²) in [6, 6.07) is 7.28. The second kappa shape index (κ2) is 7.22. The van der Waals surface area contributed by atoms with Gasteiger partial charge < -0.3 is 14.7 Å². The van der Waals surface area contributed by atoms with Gasteiger partial charge in [-0.3, -0.25) is 14.4 Å². The number of carbonyl (C=O) groups is 3. The minimum absolute atomic E-state index is 0.0458. The van der Waals surface area contributed by atoms with E-state index in [1.807, 2.05) is 17.0 Å². The topological polar surface area (TPSA) is 60.9 Å². The molecule has 4 rings (SSSR count). The van der Waals surface area contributed by atoms with Crippen molar-refractivity contribution >= 4 is 45.7 Å². The van der Waals surface area contributed by atoms with Crippen molar-refractivity contribution in [2.24, 2.45) is 0 Å². The number of halogens is 1. The van der Waals surface area contributed by atoms with Gasteiger partial charge in [0.05, 0.1) is 18.5 Å². The highest BCUT2D eigenvalue weighted by Gasteiger charge is 2.36. The van der Waals surface area contributed by atoms with Crippen molar-refractivity contribution in [2.45, 2.75) is 19.4 Å². The number of hydrogen-bond donors (Lipinski definition) is 0. The van der Waals surface area contributed by atoms with E-state index in [-0.39, 0.29) is 24.3 Å². The Hall–Kier alpha value is -2.38. The predicted octanol–water partition coefficient (Wildman–Crippen LogP) is 2.58. The number of rotatable bonds is 2. The fourth-order valence-electron chi connectivity index (χ4n) is 3.63. The average Bonchev–Trinajstić information content (AvgIpc) is 3.03. The maximum atomic E-state index is 12.8. The number of benzene rings is 1. The van der Waals surface area contributed by atoms with Crippen LogP contribution in [0.15, 0.2) is 24.3 Å². The lowest BCUT2D eigenvalue weighted by molar-refractivity contribution is -0.131. The van der Waals surface area contributed by atoms with Gasteiger partial charge in [0.25, 0.3) is 5.91 Å². The highest BCUT2D eigenvalue weighted by molar-refractivity contribution is 7.17. The molecule has 1 aromatic carbocycles. The van der Waals surface area contributed by atoms with Crippen LogP contribution in [-0.4, -0.2) is 54.7 Å².